The van der Waals surface area contributed by atoms with Crippen molar-refractivity contribution in [2.45, 2.75) is 38.5 Å². The Morgan fingerprint density at radius 3 is 2.24 bits per heavy atom. The number of anilines is 1. The van der Waals surface area contributed by atoms with Crippen molar-refractivity contribution in [1.29, 1.82) is 0 Å². The Kier molecular flexibility index (Phi) is 11.4. The van der Waals surface area contributed by atoms with Gasteiger partial charge in [0.15, 0.2) is 10.9 Å². The summed E-state index contributed by atoms with van der Waals surface area (Å²) in [4.78, 5) is 21.5. The molecule has 2 aromatic carbocycles. The van der Waals surface area contributed by atoms with Crippen molar-refractivity contribution in [3.05, 3.63) is 53.6 Å². The lowest BCUT2D eigenvalue weighted by molar-refractivity contribution is 0.0983. The molecule has 204 valence electrons. The molecular formula is C25H33ClF2N4O3S2. The van der Waals surface area contributed by atoms with Gasteiger partial charge in [0.1, 0.15) is 11.3 Å². The molecule has 0 saturated carbocycles. The van der Waals surface area contributed by atoms with Crippen molar-refractivity contribution in [3.63, 3.8) is 0 Å². The lowest BCUT2D eigenvalue weighted by atomic mass is 10.2. The van der Waals surface area contributed by atoms with E-state index in [0.717, 1.165) is 43.3 Å². The maximum Gasteiger partial charge on any atom is 0.260 e. The van der Waals surface area contributed by atoms with E-state index in [9.17, 15) is 22.0 Å². The van der Waals surface area contributed by atoms with Crippen LogP contribution in [0.4, 0.5) is 13.9 Å². The van der Waals surface area contributed by atoms with Crippen molar-refractivity contribution in [3.8, 4) is 0 Å². The Balaban J connectivity index is 0.00000481. The number of likely N-dealkylation sites (N-methyl/N-ethyl adjacent to an activating group) is 1. The van der Waals surface area contributed by atoms with Crippen molar-refractivity contribution >= 4 is 55.0 Å². The molecule has 1 heterocycles. The molecule has 37 heavy (non-hydrogen) atoms. The molecule has 0 aliphatic rings. The number of hydrogen-bond donors (Lipinski definition) is 0. The lowest BCUT2D eigenvalue weighted by Gasteiger charge is -2.25. The van der Waals surface area contributed by atoms with Gasteiger partial charge in [-0.15, -0.1) is 12.4 Å². The lowest BCUT2D eigenvalue weighted by Crippen LogP contribution is -2.38. The molecule has 0 atom stereocenters. The van der Waals surface area contributed by atoms with Gasteiger partial charge in [0.05, 0.1) is 9.60 Å². The highest BCUT2D eigenvalue weighted by molar-refractivity contribution is 7.89. The molecule has 0 N–H and O–H groups in total. The van der Waals surface area contributed by atoms with Crippen LogP contribution >= 0.6 is 23.7 Å². The van der Waals surface area contributed by atoms with E-state index in [1.807, 2.05) is 20.8 Å². The van der Waals surface area contributed by atoms with Crippen LogP contribution in [0.1, 0.15) is 44.0 Å². The first-order valence-corrected chi connectivity index (χ1v) is 14.2. The molecule has 0 radical (unpaired) electrons. The average molecular weight is 575 g/mol. The third kappa shape index (κ3) is 7.23. The zero-order valence-corrected chi connectivity index (χ0v) is 23.9. The fraction of sp³-hybridized carbons (Fsp3) is 0.440. The zero-order chi connectivity index (χ0) is 26.5. The van der Waals surface area contributed by atoms with Gasteiger partial charge in [0, 0.05) is 38.3 Å². The van der Waals surface area contributed by atoms with E-state index in [4.69, 9.17) is 0 Å². The minimum Gasteiger partial charge on any atom is -0.302 e. The number of sulfonamides is 1. The Bertz CT molecular complexity index is 1300. The molecule has 0 aliphatic heterocycles. The smallest absolute Gasteiger partial charge is 0.260 e. The molecular weight excluding hydrogens is 542 g/mol. The summed E-state index contributed by atoms with van der Waals surface area (Å²) in [6.07, 6.45) is 1.62. The summed E-state index contributed by atoms with van der Waals surface area (Å²) in [5, 5.41) is 0.252. The predicted molar refractivity (Wildman–Crippen MR) is 147 cm³/mol. The number of carbonyl (C=O) groups is 1. The molecule has 0 bridgehead atoms. The monoisotopic (exact) mass is 574 g/mol. The van der Waals surface area contributed by atoms with E-state index in [1.54, 1.807) is 0 Å². The fourth-order valence-corrected chi connectivity index (χ4v) is 5.97. The minimum absolute atomic E-state index is 0. The van der Waals surface area contributed by atoms with Gasteiger partial charge in [-0.25, -0.2) is 26.5 Å². The van der Waals surface area contributed by atoms with Gasteiger partial charge < -0.3 is 4.90 Å². The van der Waals surface area contributed by atoms with Crippen molar-refractivity contribution in [2.75, 3.05) is 44.7 Å². The van der Waals surface area contributed by atoms with Crippen LogP contribution in [0.25, 0.3) is 10.2 Å². The van der Waals surface area contributed by atoms with Gasteiger partial charge in [0.25, 0.3) is 5.91 Å². The molecule has 0 aliphatic carbocycles. The number of fused-ring (bicyclic) bond motifs is 1. The second kappa shape index (κ2) is 13.6. The molecule has 0 fully saturated rings. The summed E-state index contributed by atoms with van der Waals surface area (Å²) in [6, 6.07) is 7.75. The van der Waals surface area contributed by atoms with Gasteiger partial charge in [-0.3, -0.25) is 9.69 Å². The largest absolute Gasteiger partial charge is 0.302 e. The Morgan fingerprint density at radius 1 is 1.00 bits per heavy atom. The van der Waals surface area contributed by atoms with Gasteiger partial charge in [-0.1, -0.05) is 38.5 Å². The summed E-state index contributed by atoms with van der Waals surface area (Å²) >= 11 is 1.04. The summed E-state index contributed by atoms with van der Waals surface area (Å²) < 4.78 is 55.3. The average Bonchev–Trinajstić information content (AvgIpc) is 3.29. The third-order valence-electron chi connectivity index (χ3n) is 6.05. The molecule has 0 unspecified atom stereocenters. The van der Waals surface area contributed by atoms with E-state index >= 15 is 0 Å². The number of aromatic nitrogens is 1. The normalized spacial score (nSPS) is 11.8. The van der Waals surface area contributed by atoms with Crippen molar-refractivity contribution in [1.82, 2.24) is 14.2 Å². The number of carbonyl (C=O) groups excluding carboxylic acids is 1. The molecule has 3 rings (SSSR count). The first-order valence-electron chi connectivity index (χ1n) is 12.0. The summed E-state index contributed by atoms with van der Waals surface area (Å²) in [5.74, 6) is -1.90. The molecule has 12 heteroatoms. The second-order valence-electron chi connectivity index (χ2n) is 8.42. The number of unbranched alkanes of at least 4 members (excludes halogenated alkanes) is 1. The van der Waals surface area contributed by atoms with Crippen LogP contribution in [0, 0.1) is 11.6 Å². The van der Waals surface area contributed by atoms with E-state index in [2.05, 4.69) is 9.88 Å². The maximum absolute atomic E-state index is 14.3. The summed E-state index contributed by atoms with van der Waals surface area (Å²) in [5.41, 5.74) is 0.282. The van der Waals surface area contributed by atoms with E-state index in [-0.39, 0.29) is 40.1 Å². The van der Waals surface area contributed by atoms with Crippen LogP contribution in [-0.2, 0) is 10.0 Å². The summed E-state index contributed by atoms with van der Waals surface area (Å²) in [7, 11) is -2.13. The highest BCUT2D eigenvalue weighted by Gasteiger charge is 2.25. The SMILES string of the molecule is CCCCN(C)S(=O)(=O)c1ccc(C(=O)N(CCN(CC)CC)c2nc3c(F)cc(F)cc3s2)cc1.Cl. The number of amides is 1. The molecule has 1 aromatic heterocycles. The number of halogens is 3. The number of benzene rings is 2. The van der Waals surface area contributed by atoms with E-state index < -0.39 is 27.6 Å². The standard InChI is InChI=1S/C25H32F2N4O3S2.ClH/c1-5-8-13-29(4)36(33,34)20-11-9-18(10-12-20)24(32)31(15-14-30(6-2)7-3)25-28-23-21(27)16-19(26)17-22(23)35-25;/h9-12,16-17H,5-8,13-15H2,1-4H3;1H. The first kappa shape index (κ1) is 31.0. The van der Waals surface area contributed by atoms with Crippen LogP contribution < -0.4 is 4.90 Å². The van der Waals surface area contributed by atoms with Crippen LogP contribution in [0.5, 0.6) is 0 Å². The predicted octanol–water partition coefficient (Wildman–Crippen LogP) is 5.41. The topological polar surface area (TPSA) is 73.8 Å². The Morgan fingerprint density at radius 2 is 1.65 bits per heavy atom. The number of thiazole rings is 1. The van der Waals surface area contributed by atoms with Crippen LogP contribution in [-0.4, -0.2) is 68.3 Å². The van der Waals surface area contributed by atoms with Gasteiger partial charge in [-0.2, -0.15) is 0 Å². The number of nitrogens with zero attached hydrogens (tertiary/aromatic N) is 4. The Labute approximate surface area is 227 Å². The van der Waals surface area contributed by atoms with Crippen molar-refractivity contribution < 1.29 is 22.0 Å². The zero-order valence-electron chi connectivity index (χ0n) is 21.4. The molecule has 3 aromatic rings. The van der Waals surface area contributed by atoms with Crippen molar-refractivity contribution in [2.24, 2.45) is 0 Å². The second-order valence-corrected chi connectivity index (χ2v) is 11.5. The van der Waals surface area contributed by atoms with Crippen LogP contribution in [0.2, 0.25) is 0 Å². The fourth-order valence-electron chi connectivity index (χ4n) is 3.73. The highest BCUT2D eigenvalue weighted by Crippen LogP contribution is 2.32. The van der Waals surface area contributed by atoms with Gasteiger partial charge in [0.2, 0.25) is 10.0 Å². The number of hydrogen-bond acceptors (Lipinski definition) is 6. The highest BCUT2D eigenvalue weighted by atomic mass is 35.5. The van der Waals surface area contributed by atoms with E-state index in [1.165, 1.54) is 46.6 Å². The molecule has 7 nitrogen and oxygen atoms in total. The quantitative estimate of drug-likeness (QED) is 0.289. The van der Waals surface area contributed by atoms with Crippen LogP contribution in [0.3, 0.4) is 0 Å². The van der Waals surface area contributed by atoms with Gasteiger partial charge in [-0.05, 0) is 49.8 Å². The molecule has 1 amide bonds. The van der Waals surface area contributed by atoms with E-state index in [0.29, 0.717) is 17.8 Å². The number of rotatable bonds is 12. The maximum atomic E-state index is 14.3. The molecule has 0 spiro atoms. The minimum atomic E-state index is -3.67. The first-order chi connectivity index (χ1) is 17.1. The Hall–Kier alpha value is -2.18. The van der Waals surface area contributed by atoms with Gasteiger partial charge >= 0.3 is 0 Å². The molecule has 0 saturated heterocycles. The summed E-state index contributed by atoms with van der Waals surface area (Å²) in [6.45, 7) is 8.85. The third-order valence-corrected chi connectivity index (χ3v) is 8.94. The van der Waals surface area contributed by atoms with Crippen LogP contribution in [0.15, 0.2) is 41.3 Å².